The van der Waals surface area contributed by atoms with Crippen molar-refractivity contribution in [1.82, 2.24) is 4.90 Å². The van der Waals surface area contributed by atoms with E-state index in [0.29, 0.717) is 6.42 Å². The van der Waals surface area contributed by atoms with Crippen molar-refractivity contribution >= 4 is 12.1 Å². The van der Waals surface area contributed by atoms with Gasteiger partial charge in [-0.1, -0.05) is 24.3 Å². The summed E-state index contributed by atoms with van der Waals surface area (Å²) in [5.41, 5.74) is 2.40. The summed E-state index contributed by atoms with van der Waals surface area (Å²) < 4.78 is 9.84. The van der Waals surface area contributed by atoms with Gasteiger partial charge in [0.15, 0.2) is 0 Å². The highest BCUT2D eigenvalue weighted by Gasteiger charge is 2.49. The number of ether oxygens (including phenoxy) is 2. The van der Waals surface area contributed by atoms with Gasteiger partial charge in [0.25, 0.3) is 0 Å². The van der Waals surface area contributed by atoms with Gasteiger partial charge in [0.1, 0.15) is 6.04 Å². The average molecular weight is 303 g/mol. The number of hydrogen-bond acceptors (Lipinski definition) is 4. The van der Waals surface area contributed by atoms with E-state index in [1.54, 1.807) is 4.90 Å². The second-order valence-electron chi connectivity index (χ2n) is 5.95. The second kappa shape index (κ2) is 5.99. The molecule has 1 saturated heterocycles. The number of carbonyl (C=O) groups excluding carboxylic acids is 2. The molecule has 0 unspecified atom stereocenters. The van der Waals surface area contributed by atoms with Crippen LogP contribution in [0.15, 0.2) is 24.3 Å². The topological polar surface area (TPSA) is 55.8 Å². The minimum Gasteiger partial charge on any atom is -0.467 e. The number of benzene rings is 1. The molecule has 2 aliphatic rings. The number of methoxy groups -OCH3 is 2. The first-order valence-corrected chi connectivity index (χ1v) is 7.69. The molecule has 0 N–H and O–H groups in total. The largest absolute Gasteiger partial charge is 0.467 e. The maximum Gasteiger partial charge on any atom is 0.410 e. The van der Waals surface area contributed by atoms with Crippen molar-refractivity contribution in [2.24, 2.45) is 5.92 Å². The van der Waals surface area contributed by atoms with Crippen molar-refractivity contribution in [2.45, 2.75) is 37.8 Å². The predicted molar refractivity (Wildman–Crippen MR) is 80.3 cm³/mol. The summed E-state index contributed by atoms with van der Waals surface area (Å²) in [7, 11) is 2.71. The number of fused-ring (bicyclic) bond motifs is 3. The van der Waals surface area contributed by atoms with Crippen molar-refractivity contribution < 1.29 is 19.1 Å². The highest BCUT2D eigenvalue weighted by atomic mass is 16.5. The van der Waals surface area contributed by atoms with Crippen molar-refractivity contribution in [3.8, 4) is 0 Å². The molecule has 0 radical (unpaired) electrons. The van der Waals surface area contributed by atoms with Crippen LogP contribution in [0.4, 0.5) is 4.79 Å². The van der Waals surface area contributed by atoms with Gasteiger partial charge in [0, 0.05) is 0 Å². The number of esters is 1. The maximum absolute atomic E-state index is 12.3. The van der Waals surface area contributed by atoms with Gasteiger partial charge >= 0.3 is 12.1 Å². The average Bonchev–Trinajstić information content (AvgIpc) is 2.83. The molecule has 5 nitrogen and oxygen atoms in total. The van der Waals surface area contributed by atoms with Crippen molar-refractivity contribution in [2.75, 3.05) is 14.2 Å². The smallest absolute Gasteiger partial charge is 0.410 e. The van der Waals surface area contributed by atoms with Crippen LogP contribution in [0.2, 0.25) is 0 Å². The third-order valence-corrected chi connectivity index (χ3v) is 4.86. The van der Waals surface area contributed by atoms with E-state index in [0.717, 1.165) is 24.8 Å². The lowest BCUT2D eigenvalue weighted by molar-refractivity contribution is -0.145. The molecule has 1 fully saturated rings. The molecule has 0 saturated carbocycles. The molecule has 1 aromatic rings. The molecule has 1 aromatic carbocycles. The maximum atomic E-state index is 12.3. The number of hydrogen-bond donors (Lipinski definition) is 0. The van der Waals surface area contributed by atoms with Gasteiger partial charge in [-0.15, -0.1) is 0 Å². The van der Waals surface area contributed by atoms with Gasteiger partial charge in [0.2, 0.25) is 0 Å². The van der Waals surface area contributed by atoms with E-state index in [4.69, 9.17) is 9.47 Å². The zero-order chi connectivity index (χ0) is 15.7. The standard InChI is InChI=1S/C17H21NO4/c1-21-16(19)14-10-12-8-5-7-11-6-3-4-9-13(11)15(12)18(14)17(20)22-2/h3-4,6,9,12,14-15H,5,7-8,10H2,1-2H3/t12-,14+,15+/m1/s1. The Balaban J connectivity index is 2.06. The van der Waals surface area contributed by atoms with Crippen LogP contribution in [0.5, 0.6) is 0 Å². The summed E-state index contributed by atoms with van der Waals surface area (Å²) in [5, 5.41) is 0. The van der Waals surface area contributed by atoms with E-state index >= 15 is 0 Å². The van der Waals surface area contributed by atoms with Crippen molar-refractivity contribution in [3.63, 3.8) is 0 Å². The molecular formula is C17H21NO4. The molecule has 1 amide bonds. The first-order chi connectivity index (χ1) is 10.7. The quantitative estimate of drug-likeness (QED) is 0.749. The van der Waals surface area contributed by atoms with E-state index in [1.807, 2.05) is 12.1 Å². The van der Waals surface area contributed by atoms with Gasteiger partial charge in [-0.05, 0) is 42.7 Å². The summed E-state index contributed by atoms with van der Waals surface area (Å²) >= 11 is 0. The van der Waals surface area contributed by atoms with Crippen LogP contribution in [0, 0.1) is 5.92 Å². The molecule has 3 atom stereocenters. The number of amides is 1. The summed E-state index contributed by atoms with van der Waals surface area (Å²) in [6.45, 7) is 0. The number of likely N-dealkylation sites (tertiary alicyclic amines) is 1. The van der Waals surface area contributed by atoms with E-state index in [-0.39, 0.29) is 17.9 Å². The lowest BCUT2D eigenvalue weighted by atomic mass is 9.91. The Kier molecular flexibility index (Phi) is 4.05. The van der Waals surface area contributed by atoms with Crippen LogP contribution in [0.1, 0.15) is 36.4 Å². The fraction of sp³-hybridized carbons (Fsp3) is 0.529. The minimum atomic E-state index is -0.557. The Morgan fingerprint density at radius 3 is 2.68 bits per heavy atom. The van der Waals surface area contributed by atoms with Gasteiger partial charge in [-0.3, -0.25) is 4.90 Å². The molecule has 0 spiro atoms. The summed E-state index contributed by atoms with van der Waals surface area (Å²) in [4.78, 5) is 26.0. The molecule has 5 heteroatoms. The second-order valence-corrected chi connectivity index (χ2v) is 5.95. The monoisotopic (exact) mass is 303 g/mol. The fourth-order valence-corrected chi connectivity index (χ4v) is 3.93. The van der Waals surface area contributed by atoms with E-state index in [1.165, 1.54) is 19.8 Å². The lowest BCUT2D eigenvalue weighted by Gasteiger charge is -2.30. The zero-order valence-corrected chi connectivity index (χ0v) is 13.0. The number of carbonyl (C=O) groups is 2. The Bertz CT molecular complexity index is 586. The van der Waals surface area contributed by atoms with Crippen LogP contribution in [-0.4, -0.2) is 37.2 Å². The number of rotatable bonds is 1. The van der Waals surface area contributed by atoms with Crippen LogP contribution in [-0.2, 0) is 20.7 Å². The SMILES string of the molecule is COC(=O)[C@@H]1C[C@H]2CCCc3ccccc3[C@H]2N1C(=O)OC. The lowest BCUT2D eigenvalue weighted by Crippen LogP contribution is -2.42. The third-order valence-electron chi connectivity index (χ3n) is 4.86. The van der Waals surface area contributed by atoms with Gasteiger partial charge < -0.3 is 9.47 Å². The molecule has 22 heavy (non-hydrogen) atoms. The van der Waals surface area contributed by atoms with Crippen LogP contribution < -0.4 is 0 Å². The van der Waals surface area contributed by atoms with Crippen molar-refractivity contribution in [1.29, 1.82) is 0 Å². The molecule has 118 valence electrons. The van der Waals surface area contributed by atoms with Gasteiger partial charge in [0.05, 0.1) is 20.3 Å². The highest BCUT2D eigenvalue weighted by Crippen LogP contribution is 2.47. The first-order valence-electron chi connectivity index (χ1n) is 7.69. The molecule has 1 aliphatic heterocycles. The molecule has 1 heterocycles. The summed E-state index contributed by atoms with van der Waals surface area (Å²) in [6.07, 6.45) is 3.27. The Morgan fingerprint density at radius 2 is 1.95 bits per heavy atom. The highest BCUT2D eigenvalue weighted by molar-refractivity contribution is 5.82. The molecule has 0 bridgehead atoms. The van der Waals surface area contributed by atoms with Crippen LogP contribution in [0.25, 0.3) is 0 Å². The molecule has 0 aromatic heterocycles. The molecule has 1 aliphatic carbocycles. The van der Waals surface area contributed by atoms with E-state index in [2.05, 4.69) is 12.1 Å². The number of aryl methyl sites for hydroxylation is 1. The minimum absolute atomic E-state index is 0.102. The summed E-state index contributed by atoms with van der Waals surface area (Å²) in [6, 6.07) is 7.53. The van der Waals surface area contributed by atoms with Crippen LogP contribution in [0.3, 0.4) is 0 Å². The van der Waals surface area contributed by atoms with Gasteiger partial charge in [-0.25, -0.2) is 9.59 Å². The summed E-state index contributed by atoms with van der Waals surface area (Å²) in [5.74, 6) is -0.0946. The predicted octanol–water partition coefficient (Wildman–Crippen LogP) is 2.69. The Morgan fingerprint density at radius 1 is 1.18 bits per heavy atom. The normalized spacial score (nSPS) is 26.6. The Hall–Kier alpha value is -2.04. The third kappa shape index (κ3) is 2.34. The van der Waals surface area contributed by atoms with E-state index < -0.39 is 12.1 Å². The van der Waals surface area contributed by atoms with Crippen LogP contribution >= 0.6 is 0 Å². The van der Waals surface area contributed by atoms with Gasteiger partial charge in [-0.2, -0.15) is 0 Å². The number of nitrogens with zero attached hydrogens (tertiary/aromatic N) is 1. The van der Waals surface area contributed by atoms with Crippen molar-refractivity contribution in [3.05, 3.63) is 35.4 Å². The zero-order valence-electron chi connectivity index (χ0n) is 13.0. The Labute approximate surface area is 130 Å². The fourth-order valence-electron chi connectivity index (χ4n) is 3.93. The molecular weight excluding hydrogens is 282 g/mol. The first kappa shape index (κ1) is 14.9. The molecule has 3 rings (SSSR count). The van der Waals surface area contributed by atoms with E-state index in [9.17, 15) is 9.59 Å².